The van der Waals surface area contributed by atoms with Crippen LogP contribution in [0.1, 0.15) is 67.1 Å². The lowest BCUT2D eigenvalue weighted by Crippen LogP contribution is -2.29. The Kier molecular flexibility index (Phi) is 7.77. The first-order valence-corrected chi connectivity index (χ1v) is 13.2. The first-order valence-electron chi connectivity index (χ1n) is 13.2. The molecule has 1 aliphatic heterocycles. The number of esters is 1. The van der Waals surface area contributed by atoms with Crippen molar-refractivity contribution in [3.05, 3.63) is 106 Å². The predicted octanol–water partition coefficient (Wildman–Crippen LogP) is 6.33. The lowest BCUT2D eigenvalue weighted by Gasteiger charge is -2.26. The van der Waals surface area contributed by atoms with E-state index in [1.165, 1.54) is 4.90 Å². The second-order valence-corrected chi connectivity index (χ2v) is 11.0. The van der Waals surface area contributed by atoms with E-state index in [0.29, 0.717) is 17.9 Å². The van der Waals surface area contributed by atoms with Crippen LogP contribution in [0.25, 0.3) is 5.76 Å². The molecule has 1 unspecified atom stereocenters. The molecule has 6 nitrogen and oxygen atoms in total. The molecule has 1 N–H and O–H groups in total. The lowest BCUT2D eigenvalue weighted by atomic mass is 9.84. The van der Waals surface area contributed by atoms with E-state index in [2.05, 4.69) is 20.8 Å². The number of nitrogens with zero attached hydrogens (tertiary/aromatic N) is 1. The zero-order valence-electron chi connectivity index (χ0n) is 23.4. The number of anilines is 1. The minimum Gasteiger partial charge on any atom is -0.507 e. The van der Waals surface area contributed by atoms with E-state index in [1.54, 1.807) is 31.2 Å². The summed E-state index contributed by atoms with van der Waals surface area (Å²) in [7, 11) is 0. The smallest absolute Gasteiger partial charge is 0.310 e. The van der Waals surface area contributed by atoms with Gasteiger partial charge in [0.2, 0.25) is 0 Å². The van der Waals surface area contributed by atoms with Crippen LogP contribution in [0.2, 0.25) is 0 Å². The van der Waals surface area contributed by atoms with E-state index < -0.39 is 17.7 Å². The van der Waals surface area contributed by atoms with Crippen molar-refractivity contribution in [2.75, 3.05) is 11.5 Å². The minimum absolute atomic E-state index is 0.0513. The lowest BCUT2D eigenvalue weighted by molar-refractivity contribution is -0.142. The van der Waals surface area contributed by atoms with Gasteiger partial charge in [0, 0.05) is 11.3 Å². The zero-order chi connectivity index (χ0) is 28.5. The zero-order valence-corrected chi connectivity index (χ0v) is 23.4. The number of hydrogen-bond donors (Lipinski definition) is 1. The number of ketones is 1. The molecule has 0 radical (unpaired) electrons. The average Bonchev–Trinajstić information content (AvgIpc) is 3.14. The van der Waals surface area contributed by atoms with Crippen LogP contribution in [0.3, 0.4) is 0 Å². The summed E-state index contributed by atoms with van der Waals surface area (Å²) in [6.07, 6.45) is 0.109. The van der Waals surface area contributed by atoms with Gasteiger partial charge >= 0.3 is 5.97 Å². The summed E-state index contributed by atoms with van der Waals surface area (Å²) in [5, 5.41) is 11.7. The molecule has 3 aromatic carbocycles. The third-order valence-electron chi connectivity index (χ3n) is 7.03. The van der Waals surface area contributed by atoms with Gasteiger partial charge in [-0.25, -0.2) is 0 Å². The summed E-state index contributed by atoms with van der Waals surface area (Å²) in [6.45, 7) is 12.1. The van der Waals surface area contributed by atoms with E-state index >= 15 is 0 Å². The quantitative estimate of drug-likeness (QED) is 0.176. The van der Waals surface area contributed by atoms with Gasteiger partial charge in [0.1, 0.15) is 5.76 Å². The number of hydrogen-bond acceptors (Lipinski definition) is 5. The molecule has 202 valence electrons. The van der Waals surface area contributed by atoms with E-state index in [4.69, 9.17) is 4.74 Å². The molecular weight excluding hydrogens is 490 g/mol. The van der Waals surface area contributed by atoms with Crippen LogP contribution in [0.5, 0.6) is 0 Å². The van der Waals surface area contributed by atoms with Gasteiger partial charge in [-0.2, -0.15) is 0 Å². The summed E-state index contributed by atoms with van der Waals surface area (Å²) in [5.41, 5.74) is 5.14. The van der Waals surface area contributed by atoms with Gasteiger partial charge in [0.25, 0.3) is 11.7 Å². The molecule has 0 spiro atoms. The van der Waals surface area contributed by atoms with E-state index in [1.807, 2.05) is 56.3 Å². The molecule has 0 aliphatic carbocycles. The van der Waals surface area contributed by atoms with Crippen molar-refractivity contribution in [3.63, 3.8) is 0 Å². The van der Waals surface area contributed by atoms with Crippen LogP contribution in [-0.4, -0.2) is 29.4 Å². The Hall–Kier alpha value is -4.19. The first-order chi connectivity index (χ1) is 18.4. The molecule has 0 aromatic heterocycles. The third kappa shape index (κ3) is 5.65. The minimum atomic E-state index is -0.821. The van der Waals surface area contributed by atoms with Crippen LogP contribution in [0, 0.1) is 13.8 Å². The number of carbonyl (C=O) groups excluding carboxylic acids is 3. The molecule has 1 aliphatic rings. The second-order valence-electron chi connectivity index (χ2n) is 11.0. The van der Waals surface area contributed by atoms with E-state index in [9.17, 15) is 19.5 Å². The van der Waals surface area contributed by atoms with Crippen molar-refractivity contribution < 1.29 is 24.2 Å². The molecule has 1 saturated heterocycles. The largest absolute Gasteiger partial charge is 0.507 e. The van der Waals surface area contributed by atoms with Crippen LogP contribution < -0.4 is 4.90 Å². The van der Waals surface area contributed by atoms with Gasteiger partial charge < -0.3 is 9.84 Å². The number of amides is 1. The van der Waals surface area contributed by atoms with Crippen molar-refractivity contribution in [2.45, 2.75) is 59.4 Å². The maximum Gasteiger partial charge on any atom is 0.310 e. The third-order valence-corrected chi connectivity index (χ3v) is 7.03. The Morgan fingerprint density at radius 2 is 1.67 bits per heavy atom. The summed E-state index contributed by atoms with van der Waals surface area (Å²) >= 11 is 0. The van der Waals surface area contributed by atoms with Crippen LogP contribution in [0.4, 0.5) is 5.69 Å². The van der Waals surface area contributed by atoms with Crippen molar-refractivity contribution in [2.24, 2.45) is 0 Å². The number of aryl methyl sites for hydroxylation is 2. The van der Waals surface area contributed by atoms with Gasteiger partial charge in [-0.3, -0.25) is 19.3 Å². The van der Waals surface area contributed by atoms with Gasteiger partial charge in [-0.1, -0.05) is 74.9 Å². The Morgan fingerprint density at radius 1 is 0.974 bits per heavy atom. The molecule has 1 heterocycles. The fraction of sp³-hybridized carbons (Fsp3) is 0.303. The molecule has 4 rings (SSSR count). The molecule has 6 heteroatoms. The van der Waals surface area contributed by atoms with Crippen molar-refractivity contribution in [3.8, 4) is 0 Å². The fourth-order valence-electron chi connectivity index (χ4n) is 4.90. The van der Waals surface area contributed by atoms with E-state index in [0.717, 1.165) is 27.8 Å². The Balaban J connectivity index is 1.87. The molecule has 1 atom stereocenters. The summed E-state index contributed by atoms with van der Waals surface area (Å²) < 4.78 is 5.03. The predicted molar refractivity (Wildman–Crippen MR) is 153 cm³/mol. The first kappa shape index (κ1) is 27.8. The summed E-state index contributed by atoms with van der Waals surface area (Å²) in [6, 6.07) is 19.5. The molecule has 39 heavy (non-hydrogen) atoms. The summed E-state index contributed by atoms with van der Waals surface area (Å²) in [5.74, 6) is -1.98. The SMILES string of the molecule is CCOC(=O)Cc1ccc(N2C(=O)C(=O)/C(=C(/O)c3cc(C(C)(C)C)ccc3C)C2c2cccc(C)c2)cc1. The number of rotatable bonds is 6. The van der Waals surface area contributed by atoms with Gasteiger partial charge in [0.05, 0.1) is 24.6 Å². The highest BCUT2D eigenvalue weighted by atomic mass is 16.5. The second kappa shape index (κ2) is 10.9. The van der Waals surface area contributed by atoms with Crippen LogP contribution in [0.15, 0.2) is 72.3 Å². The van der Waals surface area contributed by atoms with Gasteiger partial charge in [-0.15, -0.1) is 0 Å². The molecule has 0 saturated carbocycles. The summed E-state index contributed by atoms with van der Waals surface area (Å²) in [4.78, 5) is 40.5. The highest BCUT2D eigenvalue weighted by Gasteiger charge is 2.47. The average molecular weight is 526 g/mol. The molecule has 0 bridgehead atoms. The Morgan fingerprint density at radius 3 is 2.28 bits per heavy atom. The maximum atomic E-state index is 13.6. The number of Topliss-reactive ketones (excluding diaryl/α,β-unsaturated/α-hetero) is 1. The standard InChI is InChI=1S/C33H35NO5/c1-7-39-27(35)18-22-12-15-25(16-13-22)34-29(23-10-8-9-20(2)17-23)28(31(37)32(34)38)30(36)26-19-24(33(4,5)6)14-11-21(26)3/h8-17,19,29,36H,7,18H2,1-6H3/b30-28+. The van der Waals surface area contributed by atoms with Crippen molar-refractivity contribution in [1.82, 2.24) is 0 Å². The van der Waals surface area contributed by atoms with Crippen molar-refractivity contribution >= 4 is 29.1 Å². The number of benzene rings is 3. The van der Waals surface area contributed by atoms with Crippen LogP contribution >= 0.6 is 0 Å². The molecule has 1 fully saturated rings. The fourth-order valence-corrected chi connectivity index (χ4v) is 4.90. The van der Waals surface area contributed by atoms with Crippen molar-refractivity contribution in [1.29, 1.82) is 0 Å². The Bertz CT molecular complexity index is 1460. The number of ether oxygens (including phenoxy) is 1. The number of aliphatic hydroxyl groups is 1. The van der Waals surface area contributed by atoms with Gasteiger partial charge in [0.15, 0.2) is 0 Å². The maximum absolute atomic E-state index is 13.6. The highest BCUT2D eigenvalue weighted by molar-refractivity contribution is 6.51. The highest BCUT2D eigenvalue weighted by Crippen LogP contribution is 2.43. The van der Waals surface area contributed by atoms with Gasteiger partial charge in [-0.05, 0) is 66.6 Å². The molecule has 1 amide bonds. The Labute approximate surface area is 229 Å². The molecular formula is C33H35NO5. The topological polar surface area (TPSA) is 83.9 Å². The number of carbonyl (C=O) groups is 3. The normalized spacial score (nSPS) is 17.0. The monoisotopic (exact) mass is 525 g/mol. The van der Waals surface area contributed by atoms with Crippen LogP contribution in [-0.2, 0) is 31.0 Å². The molecule has 3 aromatic rings. The van der Waals surface area contributed by atoms with E-state index in [-0.39, 0.29) is 29.1 Å². The number of aliphatic hydroxyl groups excluding tert-OH is 1.